The molecular formula is C19H15N3O. The number of hydrogen-bond acceptors (Lipinski definition) is 4. The number of para-hydroxylation sites is 1. The van der Waals surface area contributed by atoms with Crippen LogP contribution in [0.25, 0.3) is 11.3 Å². The number of rotatable bonds is 3. The van der Waals surface area contributed by atoms with E-state index in [0.717, 1.165) is 11.1 Å². The van der Waals surface area contributed by atoms with Crippen molar-refractivity contribution in [1.82, 2.24) is 4.98 Å². The number of nitrogens with two attached hydrogens (primary N) is 1. The van der Waals surface area contributed by atoms with Gasteiger partial charge in [-0.25, -0.2) is 4.98 Å². The summed E-state index contributed by atoms with van der Waals surface area (Å²) in [6.07, 6.45) is 0.580. The van der Waals surface area contributed by atoms with Gasteiger partial charge in [-0.1, -0.05) is 42.5 Å². The van der Waals surface area contributed by atoms with Crippen LogP contribution >= 0.6 is 0 Å². The lowest BCUT2D eigenvalue weighted by Gasteiger charge is -2.11. The van der Waals surface area contributed by atoms with E-state index >= 15 is 0 Å². The molecule has 23 heavy (non-hydrogen) atoms. The third-order valence-corrected chi connectivity index (χ3v) is 3.66. The van der Waals surface area contributed by atoms with Crippen LogP contribution in [-0.2, 0) is 6.42 Å². The maximum atomic E-state index is 10.0. The number of hydrogen-bond donors (Lipinski definition) is 2. The van der Waals surface area contributed by atoms with Crippen LogP contribution in [0.3, 0.4) is 0 Å². The number of phenols is 1. The van der Waals surface area contributed by atoms with Crippen LogP contribution in [0.4, 0.5) is 5.82 Å². The fraction of sp³-hybridized carbons (Fsp3) is 0.0526. The highest BCUT2D eigenvalue weighted by Crippen LogP contribution is 2.30. The third kappa shape index (κ3) is 2.99. The Kier molecular flexibility index (Phi) is 3.94. The molecule has 0 atom stereocenters. The molecule has 0 unspecified atom stereocenters. The van der Waals surface area contributed by atoms with Gasteiger partial charge in [-0.05, 0) is 35.7 Å². The van der Waals surface area contributed by atoms with Crippen molar-refractivity contribution in [3.05, 3.63) is 77.4 Å². The standard InChI is InChI=1S/C19H15N3O/c20-12-16-14(10-13-6-2-1-3-7-13)11-17(22-19(16)21)15-8-4-5-9-18(15)23/h1-9,11,23H,10H2,(H2,21,22). The van der Waals surface area contributed by atoms with Crippen molar-refractivity contribution in [2.24, 2.45) is 0 Å². The SMILES string of the molecule is N#Cc1c(Cc2ccccc2)cc(-c2ccccc2O)nc1N. The van der Waals surface area contributed by atoms with Gasteiger partial charge in [-0.15, -0.1) is 0 Å². The summed E-state index contributed by atoms with van der Waals surface area (Å²) in [5, 5.41) is 19.4. The summed E-state index contributed by atoms with van der Waals surface area (Å²) in [6.45, 7) is 0. The Morgan fingerprint density at radius 3 is 2.43 bits per heavy atom. The molecule has 0 spiro atoms. The van der Waals surface area contributed by atoms with E-state index in [-0.39, 0.29) is 11.6 Å². The van der Waals surface area contributed by atoms with Crippen LogP contribution in [0.15, 0.2) is 60.7 Å². The van der Waals surface area contributed by atoms with Gasteiger partial charge in [0.1, 0.15) is 17.6 Å². The minimum absolute atomic E-state index is 0.134. The Balaban J connectivity index is 2.11. The second kappa shape index (κ2) is 6.20. The lowest BCUT2D eigenvalue weighted by molar-refractivity contribution is 0.477. The molecule has 0 bridgehead atoms. The van der Waals surface area contributed by atoms with Gasteiger partial charge in [0, 0.05) is 5.56 Å². The molecule has 112 valence electrons. The Morgan fingerprint density at radius 1 is 1.04 bits per heavy atom. The summed E-state index contributed by atoms with van der Waals surface area (Å²) in [7, 11) is 0. The molecule has 3 rings (SSSR count). The lowest BCUT2D eigenvalue weighted by Crippen LogP contribution is -2.02. The summed E-state index contributed by atoms with van der Waals surface area (Å²) in [4.78, 5) is 4.27. The first kappa shape index (κ1) is 14.6. The van der Waals surface area contributed by atoms with Crippen LogP contribution < -0.4 is 5.73 Å². The molecular weight excluding hydrogens is 286 g/mol. The zero-order valence-corrected chi connectivity index (χ0v) is 12.4. The van der Waals surface area contributed by atoms with Crippen molar-refractivity contribution >= 4 is 5.82 Å². The van der Waals surface area contributed by atoms with Crippen molar-refractivity contribution in [2.45, 2.75) is 6.42 Å². The average Bonchev–Trinajstić information content (AvgIpc) is 2.56. The molecule has 1 heterocycles. The van der Waals surface area contributed by atoms with Crippen molar-refractivity contribution in [2.75, 3.05) is 5.73 Å². The second-order valence-corrected chi connectivity index (χ2v) is 5.22. The molecule has 3 aromatic rings. The molecule has 0 aliphatic carbocycles. The van der Waals surface area contributed by atoms with Crippen molar-refractivity contribution in [3.8, 4) is 23.1 Å². The Bertz CT molecular complexity index is 883. The first-order chi connectivity index (χ1) is 11.2. The summed E-state index contributed by atoms with van der Waals surface area (Å²) in [6, 6.07) is 20.7. The first-order valence-electron chi connectivity index (χ1n) is 7.21. The van der Waals surface area contributed by atoms with Gasteiger partial charge in [0.15, 0.2) is 0 Å². The zero-order chi connectivity index (χ0) is 16.2. The van der Waals surface area contributed by atoms with Gasteiger partial charge in [0.25, 0.3) is 0 Å². The highest BCUT2D eigenvalue weighted by molar-refractivity contribution is 5.71. The Hall–Kier alpha value is -3.32. The number of anilines is 1. The lowest BCUT2D eigenvalue weighted by atomic mass is 9.98. The molecule has 0 aliphatic heterocycles. The molecule has 0 amide bonds. The normalized spacial score (nSPS) is 10.2. The maximum Gasteiger partial charge on any atom is 0.142 e. The van der Waals surface area contributed by atoms with E-state index in [2.05, 4.69) is 11.1 Å². The fourth-order valence-corrected chi connectivity index (χ4v) is 2.53. The second-order valence-electron chi connectivity index (χ2n) is 5.22. The summed E-state index contributed by atoms with van der Waals surface area (Å²) < 4.78 is 0. The van der Waals surface area contributed by atoms with Gasteiger partial charge < -0.3 is 10.8 Å². The maximum absolute atomic E-state index is 10.0. The number of nitrogen functional groups attached to an aromatic ring is 1. The smallest absolute Gasteiger partial charge is 0.142 e. The number of phenolic OH excluding ortho intramolecular Hbond substituents is 1. The zero-order valence-electron chi connectivity index (χ0n) is 12.4. The topological polar surface area (TPSA) is 82.9 Å². The molecule has 1 aromatic heterocycles. The summed E-state index contributed by atoms with van der Waals surface area (Å²) >= 11 is 0. The average molecular weight is 301 g/mol. The molecule has 0 radical (unpaired) electrons. The predicted molar refractivity (Wildman–Crippen MR) is 89.7 cm³/mol. The van der Waals surface area contributed by atoms with E-state index in [1.54, 1.807) is 18.2 Å². The largest absolute Gasteiger partial charge is 0.507 e. The minimum atomic E-state index is 0.134. The van der Waals surface area contributed by atoms with Gasteiger partial charge >= 0.3 is 0 Å². The first-order valence-corrected chi connectivity index (χ1v) is 7.21. The van der Waals surface area contributed by atoms with Gasteiger partial charge in [0.2, 0.25) is 0 Å². The molecule has 0 saturated heterocycles. The Morgan fingerprint density at radius 2 is 1.74 bits per heavy atom. The summed E-state index contributed by atoms with van der Waals surface area (Å²) in [5.41, 5.74) is 9.37. The van der Waals surface area contributed by atoms with Crippen LogP contribution in [-0.4, -0.2) is 10.1 Å². The van der Waals surface area contributed by atoms with Crippen LogP contribution in [0, 0.1) is 11.3 Å². The van der Waals surface area contributed by atoms with Crippen molar-refractivity contribution < 1.29 is 5.11 Å². The predicted octanol–water partition coefficient (Wildman–Crippen LogP) is 3.50. The molecule has 0 fully saturated rings. The van der Waals surface area contributed by atoms with E-state index in [1.807, 2.05) is 42.5 Å². The molecule has 2 aromatic carbocycles. The minimum Gasteiger partial charge on any atom is -0.507 e. The van der Waals surface area contributed by atoms with E-state index in [1.165, 1.54) is 0 Å². The van der Waals surface area contributed by atoms with Crippen molar-refractivity contribution in [3.63, 3.8) is 0 Å². The molecule has 0 aliphatic rings. The third-order valence-electron chi connectivity index (χ3n) is 3.66. The monoisotopic (exact) mass is 301 g/mol. The molecule has 4 heteroatoms. The van der Waals surface area contributed by atoms with Crippen LogP contribution in [0.5, 0.6) is 5.75 Å². The number of aromatic hydroxyl groups is 1. The van der Waals surface area contributed by atoms with Gasteiger partial charge in [-0.2, -0.15) is 5.26 Å². The van der Waals surface area contributed by atoms with Gasteiger partial charge in [-0.3, -0.25) is 0 Å². The quantitative estimate of drug-likeness (QED) is 0.775. The summed E-state index contributed by atoms with van der Waals surface area (Å²) in [5.74, 6) is 0.314. The van der Waals surface area contributed by atoms with E-state index < -0.39 is 0 Å². The molecule has 3 N–H and O–H groups in total. The van der Waals surface area contributed by atoms with Crippen LogP contribution in [0.1, 0.15) is 16.7 Å². The van der Waals surface area contributed by atoms with Crippen molar-refractivity contribution in [1.29, 1.82) is 5.26 Å². The fourth-order valence-electron chi connectivity index (χ4n) is 2.53. The van der Waals surface area contributed by atoms with E-state index in [0.29, 0.717) is 23.2 Å². The van der Waals surface area contributed by atoms with E-state index in [4.69, 9.17) is 5.73 Å². The van der Waals surface area contributed by atoms with Crippen LogP contribution in [0.2, 0.25) is 0 Å². The molecule has 0 saturated carbocycles. The number of nitriles is 1. The van der Waals surface area contributed by atoms with Gasteiger partial charge in [0.05, 0.1) is 11.3 Å². The highest BCUT2D eigenvalue weighted by Gasteiger charge is 2.13. The number of benzene rings is 2. The van der Waals surface area contributed by atoms with E-state index in [9.17, 15) is 10.4 Å². The number of nitrogens with zero attached hydrogens (tertiary/aromatic N) is 2. The Labute approximate surface area is 134 Å². The number of pyridine rings is 1. The number of aromatic nitrogens is 1. The highest BCUT2D eigenvalue weighted by atomic mass is 16.3. The molecule has 4 nitrogen and oxygen atoms in total.